The fourth-order valence-corrected chi connectivity index (χ4v) is 2.25. The van der Waals surface area contributed by atoms with E-state index in [2.05, 4.69) is 48.5 Å². The van der Waals surface area contributed by atoms with Gasteiger partial charge in [-0.1, -0.05) is 24.3 Å². The van der Waals surface area contributed by atoms with Gasteiger partial charge < -0.3 is 10.1 Å². The Morgan fingerprint density at radius 1 is 1.29 bits per heavy atom. The molecule has 4 heteroatoms. The highest BCUT2D eigenvalue weighted by Crippen LogP contribution is 2.21. The standard InChI is InChI=1S/C17H23N3O/c1-13(2)20-11-17(10-19-20)21-12-15-6-4-3-5-14(15)9-18-16-7-8-16/h3-6,10-11,13,16,18H,7-9,12H2,1-2H3. The summed E-state index contributed by atoms with van der Waals surface area (Å²) in [4.78, 5) is 0. The summed E-state index contributed by atoms with van der Waals surface area (Å²) in [5.41, 5.74) is 2.56. The number of aromatic nitrogens is 2. The van der Waals surface area contributed by atoms with Crippen LogP contribution in [0.1, 0.15) is 43.9 Å². The Balaban J connectivity index is 1.60. The minimum absolute atomic E-state index is 0.359. The van der Waals surface area contributed by atoms with Gasteiger partial charge in [-0.05, 0) is 37.8 Å². The molecule has 0 amide bonds. The average Bonchev–Trinajstić information content (AvgIpc) is 3.19. The highest BCUT2D eigenvalue weighted by molar-refractivity contribution is 5.27. The monoisotopic (exact) mass is 285 g/mol. The number of nitrogens with one attached hydrogen (secondary N) is 1. The molecule has 1 aromatic heterocycles. The second-order valence-corrected chi connectivity index (χ2v) is 5.96. The molecule has 0 unspecified atom stereocenters. The summed E-state index contributed by atoms with van der Waals surface area (Å²) in [7, 11) is 0. The highest BCUT2D eigenvalue weighted by atomic mass is 16.5. The molecule has 0 bridgehead atoms. The van der Waals surface area contributed by atoms with Crippen molar-refractivity contribution in [2.45, 2.75) is 51.9 Å². The van der Waals surface area contributed by atoms with Crippen molar-refractivity contribution in [2.75, 3.05) is 0 Å². The normalized spacial score (nSPS) is 14.6. The lowest BCUT2D eigenvalue weighted by Crippen LogP contribution is -2.16. The predicted molar refractivity (Wildman–Crippen MR) is 83.2 cm³/mol. The summed E-state index contributed by atoms with van der Waals surface area (Å²) in [5.74, 6) is 0.827. The van der Waals surface area contributed by atoms with Crippen molar-refractivity contribution in [3.63, 3.8) is 0 Å². The van der Waals surface area contributed by atoms with Crippen molar-refractivity contribution >= 4 is 0 Å². The minimum Gasteiger partial charge on any atom is -0.486 e. The van der Waals surface area contributed by atoms with Crippen molar-refractivity contribution in [1.82, 2.24) is 15.1 Å². The molecular formula is C17H23N3O. The highest BCUT2D eigenvalue weighted by Gasteiger charge is 2.20. The molecule has 1 aliphatic rings. The lowest BCUT2D eigenvalue weighted by atomic mass is 10.1. The van der Waals surface area contributed by atoms with Gasteiger partial charge in [-0.25, -0.2) is 0 Å². The Labute approximate surface area is 126 Å². The molecule has 0 radical (unpaired) electrons. The molecule has 112 valence electrons. The predicted octanol–water partition coefficient (Wildman–Crippen LogP) is 3.30. The first-order valence-electron chi connectivity index (χ1n) is 7.69. The molecule has 1 saturated carbocycles. The first-order chi connectivity index (χ1) is 10.2. The summed E-state index contributed by atoms with van der Waals surface area (Å²) in [5, 5.41) is 7.86. The van der Waals surface area contributed by atoms with E-state index < -0.39 is 0 Å². The Hall–Kier alpha value is -1.81. The van der Waals surface area contributed by atoms with E-state index in [0.29, 0.717) is 12.6 Å². The van der Waals surface area contributed by atoms with Crippen LogP contribution in [0.3, 0.4) is 0 Å². The number of hydrogen-bond acceptors (Lipinski definition) is 3. The van der Waals surface area contributed by atoms with E-state index in [1.807, 2.05) is 10.9 Å². The Morgan fingerprint density at radius 3 is 2.71 bits per heavy atom. The van der Waals surface area contributed by atoms with Crippen LogP contribution in [0.25, 0.3) is 0 Å². The molecule has 0 spiro atoms. The lowest BCUT2D eigenvalue weighted by molar-refractivity contribution is 0.304. The number of hydrogen-bond donors (Lipinski definition) is 1. The van der Waals surface area contributed by atoms with Crippen LogP contribution in [0.2, 0.25) is 0 Å². The smallest absolute Gasteiger partial charge is 0.157 e. The van der Waals surface area contributed by atoms with Crippen LogP contribution in [0.4, 0.5) is 0 Å². The average molecular weight is 285 g/mol. The molecule has 0 aliphatic heterocycles. The maximum absolute atomic E-state index is 5.87. The van der Waals surface area contributed by atoms with Gasteiger partial charge in [0.15, 0.2) is 5.75 Å². The molecule has 2 aromatic rings. The van der Waals surface area contributed by atoms with E-state index >= 15 is 0 Å². The van der Waals surface area contributed by atoms with Crippen molar-refractivity contribution in [3.05, 3.63) is 47.8 Å². The maximum atomic E-state index is 5.87. The number of nitrogens with zero attached hydrogens (tertiary/aromatic N) is 2. The van der Waals surface area contributed by atoms with Crippen LogP contribution in [0.15, 0.2) is 36.7 Å². The largest absolute Gasteiger partial charge is 0.486 e. The van der Waals surface area contributed by atoms with Gasteiger partial charge in [-0.3, -0.25) is 4.68 Å². The summed E-state index contributed by atoms with van der Waals surface area (Å²) < 4.78 is 7.79. The number of rotatable bonds is 7. The third kappa shape index (κ3) is 3.85. The van der Waals surface area contributed by atoms with Gasteiger partial charge in [-0.15, -0.1) is 0 Å². The van der Waals surface area contributed by atoms with Gasteiger partial charge in [0.05, 0.1) is 12.4 Å². The molecule has 0 saturated heterocycles. The molecule has 1 heterocycles. The number of ether oxygens (including phenoxy) is 1. The first-order valence-corrected chi connectivity index (χ1v) is 7.69. The zero-order valence-corrected chi connectivity index (χ0v) is 12.7. The van der Waals surface area contributed by atoms with Gasteiger partial charge in [-0.2, -0.15) is 5.10 Å². The van der Waals surface area contributed by atoms with Crippen LogP contribution in [-0.2, 0) is 13.2 Å². The number of benzene rings is 1. The Morgan fingerprint density at radius 2 is 2.05 bits per heavy atom. The molecule has 1 N–H and O–H groups in total. The van der Waals surface area contributed by atoms with Gasteiger partial charge in [0, 0.05) is 18.6 Å². The summed E-state index contributed by atoms with van der Waals surface area (Å²) in [6, 6.07) is 9.55. The van der Waals surface area contributed by atoms with Crippen molar-refractivity contribution in [3.8, 4) is 5.75 Å². The second-order valence-electron chi connectivity index (χ2n) is 5.96. The van der Waals surface area contributed by atoms with E-state index in [1.165, 1.54) is 24.0 Å². The van der Waals surface area contributed by atoms with E-state index in [0.717, 1.165) is 18.3 Å². The zero-order valence-electron chi connectivity index (χ0n) is 12.7. The van der Waals surface area contributed by atoms with Gasteiger partial charge >= 0.3 is 0 Å². The van der Waals surface area contributed by atoms with Gasteiger partial charge in [0.2, 0.25) is 0 Å². The van der Waals surface area contributed by atoms with Gasteiger partial charge in [0.1, 0.15) is 6.61 Å². The summed E-state index contributed by atoms with van der Waals surface area (Å²) in [6.45, 7) is 5.73. The SMILES string of the molecule is CC(C)n1cc(OCc2ccccc2CNC2CC2)cn1. The van der Waals surface area contributed by atoms with E-state index in [4.69, 9.17) is 4.74 Å². The van der Waals surface area contributed by atoms with E-state index in [-0.39, 0.29) is 0 Å². The van der Waals surface area contributed by atoms with Crippen molar-refractivity contribution in [1.29, 1.82) is 0 Å². The van der Waals surface area contributed by atoms with E-state index in [9.17, 15) is 0 Å². The fraction of sp³-hybridized carbons (Fsp3) is 0.471. The third-order valence-electron chi connectivity index (χ3n) is 3.78. The Bertz CT molecular complexity index is 587. The quantitative estimate of drug-likeness (QED) is 0.848. The van der Waals surface area contributed by atoms with E-state index in [1.54, 1.807) is 6.20 Å². The van der Waals surface area contributed by atoms with Crippen LogP contribution < -0.4 is 10.1 Å². The Kier molecular flexibility index (Phi) is 4.25. The second kappa shape index (κ2) is 6.31. The maximum Gasteiger partial charge on any atom is 0.157 e. The fourth-order valence-electron chi connectivity index (χ4n) is 2.25. The van der Waals surface area contributed by atoms with Crippen LogP contribution in [-0.4, -0.2) is 15.8 Å². The lowest BCUT2D eigenvalue weighted by Gasteiger charge is -2.11. The summed E-state index contributed by atoms with van der Waals surface area (Å²) in [6.07, 6.45) is 6.36. The molecule has 21 heavy (non-hydrogen) atoms. The zero-order chi connectivity index (χ0) is 14.7. The van der Waals surface area contributed by atoms with Crippen molar-refractivity contribution in [2.24, 2.45) is 0 Å². The molecule has 0 atom stereocenters. The van der Waals surface area contributed by atoms with Gasteiger partial charge in [0.25, 0.3) is 0 Å². The molecule has 1 aromatic carbocycles. The molecule has 3 rings (SSSR count). The molecule has 4 nitrogen and oxygen atoms in total. The third-order valence-corrected chi connectivity index (χ3v) is 3.78. The van der Waals surface area contributed by atoms with Crippen molar-refractivity contribution < 1.29 is 4.74 Å². The molecule has 1 aliphatic carbocycles. The molecular weight excluding hydrogens is 262 g/mol. The van der Waals surface area contributed by atoms with Crippen LogP contribution in [0, 0.1) is 0 Å². The van der Waals surface area contributed by atoms with Crippen LogP contribution >= 0.6 is 0 Å². The molecule has 1 fully saturated rings. The minimum atomic E-state index is 0.359. The summed E-state index contributed by atoms with van der Waals surface area (Å²) >= 11 is 0. The topological polar surface area (TPSA) is 39.1 Å². The van der Waals surface area contributed by atoms with Crippen LogP contribution in [0.5, 0.6) is 5.75 Å². The first kappa shape index (κ1) is 14.1.